The SMILES string of the molecule is COc1ccc(/C=C/C(=O)Nc2nc3n(n2)[C@@H](c2ccc(OC)cc2)C[C@@H](c2ccccc2)N3)cc1. The molecule has 0 saturated heterocycles. The first-order chi connectivity index (χ1) is 17.6. The van der Waals surface area contributed by atoms with Crippen LogP contribution in [0.5, 0.6) is 11.5 Å². The monoisotopic (exact) mass is 481 g/mol. The summed E-state index contributed by atoms with van der Waals surface area (Å²) in [4.78, 5) is 17.2. The summed E-state index contributed by atoms with van der Waals surface area (Å²) in [5.41, 5.74) is 3.13. The number of ether oxygens (including phenoxy) is 2. The summed E-state index contributed by atoms with van der Waals surface area (Å²) in [5, 5.41) is 10.9. The van der Waals surface area contributed by atoms with Crippen molar-refractivity contribution in [2.24, 2.45) is 0 Å². The summed E-state index contributed by atoms with van der Waals surface area (Å²) in [6.45, 7) is 0. The molecule has 36 heavy (non-hydrogen) atoms. The molecule has 1 aromatic heterocycles. The Hall–Kier alpha value is -4.59. The third-order valence-electron chi connectivity index (χ3n) is 6.17. The minimum absolute atomic E-state index is 0.0496. The lowest BCUT2D eigenvalue weighted by atomic mass is 9.93. The Morgan fingerprint density at radius 3 is 2.28 bits per heavy atom. The Bertz CT molecular complexity index is 1350. The molecule has 8 nitrogen and oxygen atoms in total. The first-order valence-electron chi connectivity index (χ1n) is 11.7. The van der Waals surface area contributed by atoms with Gasteiger partial charge in [0.15, 0.2) is 0 Å². The van der Waals surface area contributed by atoms with Gasteiger partial charge in [0, 0.05) is 6.08 Å². The molecule has 0 radical (unpaired) electrons. The number of methoxy groups -OCH3 is 2. The Kier molecular flexibility index (Phi) is 6.66. The Balaban J connectivity index is 1.38. The van der Waals surface area contributed by atoms with Crippen molar-refractivity contribution in [2.75, 3.05) is 24.9 Å². The number of amides is 1. The van der Waals surface area contributed by atoms with Crippen LogP contribution in [0.15, 0.2) is 84.9 Å². The van der Waals surface area contributed by atoms with E-state index in [1.54, 1.807) is 20.3 Å². The highest BCUT2D eigenvalue weighted by Crippen LogP contribution is 2.38. The molecule has 0 unspecified atom stereocenters. The van der Waals surface area contributed by atoms with Crippen LogP contribution in [-0.4, -0.2) is 34.9 Å². The molecule has 2 N–H and O–H groups in total. The summed E-state index contributed by atoms with van der Waals surface area (Å²) in [6.07, 6.45) is 3.97. The maximum Gasteiger partial charge on any atom is 0.250 e. The van der Waals surface area contributed by atoms with Crippen LogP contribution in [0.25, 0.3) is 6.08 Å². The Morgan fingerprint density at radius 1 is 0.944 bits per heavy atom. The molecular weight excluding hydrogens is 454 g/mol. The largest absolute Gasteiger partial charge is 0.497 e. The van der Waals surface area contributed by atoms with Crippen LogP contribution in [0.2, 0.25) is 0 Å². The maximum absolute atomic E-state index is 12.6. The summed E-state index contributed by atoms with van der Waals surface area (Å²) >= 11 is 0. The second kappa shape index (κ2) is 10.4. The lowest BCUT2D eigenvalue weighted by Gasteiger charge is -2.31. The van der Waals surface area contributed by atoms with Crippen molar-refractivity contribution in [3.8, 4) is 11.5 Å². The zero-order chi connectivity index (χ0) is 24.9. The minimum atomic E-state index is -0.311. The Labute approximate surface area is 209 Å². The van der Waals surface area contributed by atoms with Crippen molar-refractivity contribution < 1.29 is 14.3 Å². The number of carbonyl (C=O) groups excluding carboxylic acids is 1. The molecular formula is C28H27N5O3. The van der Waals surface area contributed by atoms with E-state index in [-0.39, 0.29) is 23.9 Å². The predicted octanol–water partition coefficient (Wildman–Crippen LogP) is 5.09. The number of fused-ring (bicyclic) bond motifs is 1. The van der Waals surface area contributed by atoms with Gasteiger partial charge in [0.2, 0.25) is 5.95 Å². The number of nitrogens with one attached hydrogen (secondary N) is 2. The predicted molar refractivity (Wildman–Crippen MR) is 139 cm³/mol. The highest BCUT2D eigenvalue weighted by atomic mass is 16.5. The van der Waals surface area contributed by atoms with Gasteiger partial charge in [-0.25, -0.2) is 4.68 Å². The van der Waals surface area contributed by atoms with E-state index in [4.69, 9.17) is 9.47 Å². The smallest absolute Gasteiger partial charge is 0.250 e. The number of rotatable bonds is 7. The molecule has 0 bridgehead atoms. The fourth-order valence-corrected chi connectivity index (χ4v) is 4.28. The van der Waals surface area contributed by atoms with E-state index >= 15 is 0 Å². The molecule has 2 atom stereocenters. The quantitative estimate of drug-likeness (QED) is 0.357. The van der Waals surface area contributed by atoms with Crippen LogP contribution in [0.3, 0.4) is 0 Å². The topological polar surface area (TPSA) is 90.3 Å². The average Bonchev–Trinajstić information content (AvgIpc) is 3.34. The highest BCUT2D eigenvalue weighted by molar-refractivity contribution is 6.00. The molecule has 0 fully saturated rings. The van der Waals surface area contributed by atoms with Crippen molar-refractivity contribution in [3.05, 3.63) is 102 Å². The number of aromatic nitrogens is 3. The van der Waals surface area contributed by atoms with E-state index in [9.17, 15) is 4.79 Å². The third-order valence-corrected chi connectivity index (χ3v) is 6.17. The maximum atomic E-state index is 12.6. The molecule has 1 aliphatic heterocycles. The summed E-state index contributed by atoms with van der Waals surface area (Å²) in [5.74, 6) is 2.09. The second-order valence-corrected chi connectivity index (χ2v) is 8.43. The molecule has 2 heterocycles. The van der Waals surface area contributed by atoms with Crippen LogP contribution in [0, 0.1) is 0 Å². The molecule has 182 valence electrons. The first-order valence-corrected chi connectivity index (χ1v) is 11.7. The number of carbonyl (C=O) groups is 1. The molecule has 0 aliphatic carbocycles. The third kappa shape index (κ3) is 5.07. The number of anilines is 2. The molecule has 5 rings (SSSR count). The van der Waals surface area contributed by atoms with Gasteiger partial charge in [-0.15, -0.1) is 5.10 Å². The van der Waals surface area contributed by atoms with Gasteiger partial charge < -0.3 is 14.8 Å². The van der Waals surface area contributed by atoms with E-state index in [1.807, 2.05) is 71.4 Å². The fraction of sp³-hybridized carbons (Fsp3) is 0.179. The van der Waals surface area contributed by atoms with Gasteiger partial charge in [0.05, 0.1) is 26.3 Å². The molecule has 8 heteroatoms. The molecule has 1 amide bonds. The Morgan fingerprint density at radius 2 is 1.61 bits per heavy atom. The molecule has 0 saturated carbocycles. The van der Waals surface area contributed by atoms with Gasteiger partial charge in [-0.3, -0.25) is 10.1 Å². The van der Waals surface area contributed by atoms with Gasteiger partial charge in [-0.1, -0.05) is 54.6 Å². The van der Waals surface area contributed by atoms with Crippen LogP contribution < -0.4 is 20.1 Å². The molecule has 1 aliphatic rings. The summed E-state index contributed by atoms with van der Waals surface area (Å²) in [6, 6.07) is 25.6. The number of hydrogen-bond acceptors (Lipinski definition) is 6. The van der Waals surface area contributed by atoms with E-state index in [0.29, 0.717) is 5.95 Å². The van der Waals surface area contributed by atoms with Crippen molar-refractivity contribution >= 4 is 23.9 Å². The van der Waals surface area contributed by atoms with E-state index in [0.717, 1.165) is 29.0 Å². The highest BCUT2D eigenvalue weighted by Gasteiger charge is 2.31. The van der Waals surface area contributed by atoms with Gasteiger partial charge in [-0.05, 0) is 53.5 Å². The van der Waals surface area contributed by atoms with Gasteiger partial charge in [0.1, 0.15) is 11.5 Å². The normalized spacial score (nSPS) is 16.7. The number of benzene rings is 3. The van der Waals surface area contributed by atoms with Gasteiger partial charge in [-0.2, -0.15) is 4.98 Å². The van der Waals surface area contributed by atoms with Crippen LogP contribution in [0.1, 0.15) is 35.2 Å². The van der Waals surface area contributed by atoms with Crippen molar-refractivity contribution in [1.29, 1.82) is 0 Å². The van der Waals surface area contributed by atoms with Crippen molar-refractivity contribution in [3.63, 3.8) is 0 Å². The second-order valence-electron chi connectivity index (χ2n) is 8.43. The molecule has 4 aromatic rings. The molecule has 3 aromatic carbocycles. The van der Waals surface area contributed by atoms with Crippen molar-refractivity contribution in [1.82, 2.24) is 14.8 Å². The molecule has 0 spiro atoms. The van der Waals surface area contributed by atoms with E-state index in [2.05, 4.69) is 32.8 Å². The van der Waals surface area contributed by atoms with Crippen molar-refractivity contribution in [2.45, 2.75) is 18.5 Å². The summed E-state index contributed by atoms with van der Waals surface area (Å²) in [7, 11) is 3.27. The van der Waals surface area contributed by atoms with Crippen LogP contribution >= 0.6 is 0 Å². The average molecular weight is 482 g/mol. The zero-order valence-electron chi connectivity index (χ0n) is 20.1. The first kappa shape index (κ1) is 23.2. The van der Waals surface area contributed by atoms with E-state index in [1.165, 1.54) is 11.6 Å². The standard InChI is InChI=1S/C28H27N5O3/c1-35-22-13-8-19(9-14-22)10-17-26(34)30-27-31-28-29-24(20-6-4-3-5-7-20)18-25(33(28)32-27)21-11-15-23(36-2)16-12-21/h3-17,24-25H,18H2,1-2H3,(H2,29,30,31,32,34)/b17-10+/t24-,25+/m0/s1. The van der Waals surface area contributed by atoms with Gasteiger partial charge in [0.25, 0.3) is 11.9 Å². The van der Waals surface area contributed by atoms with E-state index < -0.39 is 0 Å². The van der Waals surface area contributed by atoms with Crippen LogP contribution in [0.4, 0.5) is 11.9 Å². The lowest BCUT2D eigenvalue weighted by molar-refractivity contribution is -0.111. The van der Waals surface area contributed by atoms with Gasteiger partial charge >= 0.3 is 0 Å². The zero-order valence-corrected chi connectivity index (χ0v) is 20.1. The number of nitrogens with zero attached hydrogens (tertiary/aromatic N) is 3. The minimum Gasteiger partial charge on any atom is -0.497 e. The number of hydrogen-bond donors (Lipinski definition) is 2. The summed E-state index contributed by atoms with van der Waals surface area (Å²) < 4.78 is 12.3. The fourth-order valence-electron chi connectivity index (χ4n) is 4.28. The van der Waals surface area contributed by atoms with Crippen LogP contribution in [-0.2, 0) is 4.79 Å². The lowest BCUT2D eigenvalue weighted by Crippen LogP contribution is -2.28.